The Morgan fingerprint density at radius 3 is 2.70 bits per heavy atom. The fourth-order valence-electron chi connectivity index (χ4n) is 3.50. The van der Waals surface area contributed by atoms with E-state index in [1.807, 2.05) is 42.5 Å². The molecule has 0 saturated carbocycles. The minimum Gasteiger partial charge on any atom is -0.355 e. The molecule has 6 heteroatoms. The van der Waals surface area contributed by atoms with Gasteiger partial charge in [0, 0.05) is 45.0 Å². The Balaban J connectivity index is 1.47. The number of hydrogen-bond donors (Lipinski definition) is 0. The van der Waals surface area contributed by atoms with Crippen molar-refractivity contribution in [1.29, 1.82) is 5.26 Å². The highest BCUT2D eigenvalue weighted by Crippen LogP contribution is 2.15. The molecular formula is C21H21N5O. The summed E-state index contributed by atoms with van der Waals surface area (Å²) in [4.78, 5) is 21.6. The van der Waals surface area contributed by atoms with Crippen LogP contribution in [0.5, 0.6) is 0 Å². The lowest BCUT2D eigenvalue weighted by Gasteiger charge is -2.23. The van der Waals surface area contributed by atoms with E-state index in [1.54, 1.807) is 16.7 Å². The smallest absolute Gasteiger partial charge is 0.259 e. The largest absolute Gasteiger partial charge is 0.355 e. The standard InChI is InChI=1S/C21H21N5O/c22-15-17-5-7-18(8-6-17)16-24-9-3-10-25(13-12-24)20-14-21(27)26-11-2-1-4-19(26)23-20/h1-2,4-8,11,14H,3,9-10,12-13,16H2. The molecule has 6 nitrogen and oxygen atoms in total. The van der Waals surface area contributed by atoms with Gasteiger partial charge in [-0.1, -0.05) is 18.2 Å². The summed E-state index contributed by atoms with van der Waals surface area (Å²) in [5, 5.41) is 8.91. The van der Waals surface area contributed by atoms with Crippen LogP contribution >= 0.6 is 0 Å². The highest BCUT2D eigenvalue weighted by molar-refractivity contribution is 5.48. The molecule has 0 spiro atoms. The second-order valence-electron chi connectivity index (χ2n) is 6.81. The maximum Gasteiger partial charge on any atom is 0.259 e. The van der Waals surface area contributed by atoms with Crippen LogP contribution in [0.2, 0.25) is 0 Å². The molecular weight excluding hydrogens is 338 g/mol. The number of pyridine rings is 1. The molecule has 0 unspecified atom stereocenters. The molecule has 4 rings (SSSR count). The van der Waals surface area contributed by atoms with E-state index in [9.17, 15) is 4.79 Å². The zero-order valence-electron chi connectivity index (χ0n) is 15.1. The number of hydrogen-bond acceptors (Lipinski definition) is 5. The Morgan fingerprint density at radius 1 is 1.04 bits per heavy atom. The maximum absolute atomic E-state index is 12.3. The van der Waals surface area contributed by atoms with Gasteiger partial charge in [-0.15, -0.1) is 0 Å². The first-order valence-electron chi connectivity index (χ1n) is 9.18. The van der Waals surface area contributed by atoms with Gasteiger partial charge in [-0.3, -0.25) is 14.1 Å². The third-order valence-corrected chi connectivity index (χ3v) is 4.96. The van der Waals surface area contributed by atoms with Gasteiger partial charge in [-0.2, -0.15) is 5.26 Å². The van der Waals surface area contributed by atoms with Gasteiger partial charge in [0.25, 0.3) is 5.56 Å². The Labute approximate surface area is 157 Å². The fraction of sp³-hybridized carbons (Fsp3) is 0.286. The highest BCUT2D eigenvalue weighted by atomic mass is 16.1. The number of nitriles is 1. The van der Waals surface area contributed by atoms with Crippen LogP contribution in [0.4, 0.5) is 5.82 Å². The molecule has 0 bridgehead atoms. The Bertz CT molecular complexity index is 1030. The summed E-state index contributed by atoms with van der Waals surface area (Å²) in [7, 11) is 0. The Hall–Kier alpha value is -3.17. The van der Waals surface area contributed by atoms with Crippen molar-refractivity contribution in [2.75, 3.05) is 31.1 Å². The lowest BCUT2D eigenvalue weighted by molar-refractivity contribution is 0.285. The van der Waals surface area contributed by atoms with Crippen molar-refractivity contribution >= 4 is 11.5 Å². The molecule has 0 amide bonds. The Kier molecular flexibility index (Phi) is 4.86. The van der Waals surface area contributed by atoms with Crippen molar-refractivity contribution in [3.8, 4) is 6.07 Å². The first-order chi connectivity index (χ1) is 13.2. The van der Waals surface area contributed by atoms with Crippen molar-refractivity contribution in [3.63, 3.8) is 0 Å². The predicted molar refractivity (Wildman–Crippen MR) is 105 cm³/mol. The predicted octanol–water partition coefficient (Wildman–Crippen LogP) is 2.28. The summed E-state index contributed by atoms with van der Waals surface area (Å²) in [5.74, 6) is 0.756. The number of aromatic nitrogens is 2. The zero-order valence-corrected chi connectivity index (χ0v) is 15.1. The number of fused-ring (bicyclic) bond motifs is 1. The lowest BCUT2D eigenvalue weighted by Crippen LogP contribution is -2.32. The molecule has 2 aromatic heterocycles. The topological polar surface area (TPSA) is 64.6 Å². The lowest BCUT2D eigenvalue weighted by atomic mass is 10.1. The van der Waals surface area contributed by atoms with Gasteiger partial charge in [0.05, 0.1) is 11.6 Å². The van der Waals surface area contributed by atoms with Crippen molar-refractivity contribution in [1.82, 2.24) is 14.3 Å². The van der Waals surface area contributed by atoms with Gasteiger partial charge in [-0.25, -0.2) is 4.98 Å². The third kappa shape index (κ3) is 3.83. The Morgan fingerprint density at radius 2 is 1.89 bits per heavy atom. The van der Waals surface area contributed by atoms with E-state index >= 15 is 0 Å². The molecule has 0 N–H and O–H groups in total. The van der Waals surface area contributed by atoms with Crippen LogP contribution in [0.25, 0.3) is 5.65 Å². The number of anilines is 1. The van der Waals surface area contributed by atoms with E-state index in [0.717, 1.165) is 45.0 Å². The van der Waals surface area contributed by atoms with Crippen LogP contribution in [0.3, 0.4) is 0 Å². The van der Waals surface area contributed by atoms with Crippen LogP contribution in [0, 0.1) is 11.3 Å². The molecule has 1 aliphatic rings. The van der Waals surface area contributed by atoms with Gasteiger partial charge in [0.15, 0.2) is 0 Å². The molecule has 0 atom stereocenters. The van der Waals surface area contributed by atoms with E-state index in [2.05, 4.69) is 20.9 Å². The van der Waals surface area contributed by atoms with Crippen molar-refractivity contribution in [2.45, 2.75) is 13.0 Å². The minimum absolute atomic E-state index is 0.0470. The van der Waals surface area contributed by atoms with Gasteiger partial charge in [-0.05, 0) is 36.2 Å². The van der Waals surface area contributed by atoms with Gasteiger partial charge >= 0.3 is 0 Å². The fourth-order valence-corrected chi connectivity index (χ4v) is 3.50. The van der Waals surface area contributed by atoms with E-state index in [-0.39, 0.29) is 5.56 Å². The van der Waals surface area contributed by atoms with Gasteiger partial charge in [0.2, 0.25) is 0 Å². The third-order valence-electron chi connectivity index (χ3n) is 4.96. The molecule has 27 heavy (non-hydrogen) atoms. The van der Waals surface area contributed by atoms with E-state index in [4.69, 9.17) is 5.26 Å². The van der Waals surface area contributed by atoms with Gasteiger partial charge in [0.1, 0.15) is 11.5 Å². The van der Waals surface area contributed by atoms with Crippen molar-refractivity contribution in [3.05, 3.63) is 76.2 Å². The average molecular weight is 359 g/mol. The normalized spacial score (nSPS) is 15.4. The van der Waals surface area contributed by atoms with Crippen LogP contribution in [-0.2, 0) is 6.54 Å². The van der Waals surface area contributed by atoms with Crippen molar-refractivity contribution < 1.29 is 0 Å². The van der Waals surface area contributed by atoms with Crippen LogP contribution in [0.15, 0.2) is 59.5 Å². The van der Waals surface area contributed by atoms with E-state index < -0.39 is 0 Å². The first-order valence-corrected chi connectivity index (χ1v) is 9.18. The summed E-state index contributed by atoms with van der Waals surface area (Å²) >= 11 is 0. The summed E-state index contributed by atoms with van der Waals surface area (Å²) in [6.45, 7) is 4.51. The molecule has 0 radical (unpaired) electrons. The molecule has 0 aliphatic carbocycles. The second-order valence-corrected chi connectivity index (χ2v) is 6.81. The molecule has 3 heterocycles. The SMILES string of the molecule is N#Cc1ccc(CN2CCCN(c3cc(=O)n4ccccc4n3)CC2)cc1. The van der Waals surface area contributed by atoms with E-state index in [0.29, 0.717) is 11.2 Å². The molecule has 1 saturated heterocycles. The number of nitrogens with zero attached hydrogens (tertiary/aromatic N) is 5. The molecule has 3 aromatic rings. The molecule has 1 aliphatic heterocycles. The van der Waals surface area contributed by atoms with Gasteiger partial charge < -0.3 is 4.90 Å². The molecule has 136 valence electrons. The summed E-state index contributed by atoms with van der Waals surface area (Å²) < 4.78 is 1.57. The molecule has 1 aromatic carbocycles. The maximum atomic E-state index is 12.3. The van der Waals surface area contributed by atoms with Crippen molar-refractivity contribution in [2.24, 2.45) is 0 Å². The minimum atomic E-state index is -0.0470. The monoisotopic (exact) mass is 359 g/mol. The number of benzene rings is 1. The summed E-state index contributed by atoms with van der Waals surface area (Å²) in [5.41, 5.74) is 2.53. The average Bonchev–Trinajstić information content (AvgIpc) is 2.94. The summed E-state index contributed by atoms with van der Waals surface area (Å²) in [6, 6.07) is 17.2. The van der Waals surface area contributed by atoms with Crippen LogP contribution in [0.1, 0.15) is 17.5 Å². The second kappa shape index (κ2) is 7.60. The van der Waals surface area contributed by atoms with Crippen LogP contribution < -0.4 is 10.5 Å². The summed E-state index contributed by atoms with van der Waals surface area (Å²) in [6.07, 6.45) is 2.77. The van der Waals surface area contributed by atoms with Crippen LogP contribution in [-0.4, -0.2) is 40.5 Å². The van der Waals surface area contributed by atoms with E-state index in [1.165, 1.54) is 5.56 Å². The first kappa shape index (κ1) is 17.3. The zero-order chi connectivity index (χ0) is 18.6. The highest BCUT2D eigenvalue weighted by Gasteiger charge is 2.17. The quantitative estimate of drug-likeness (QED) is 0.718. The number of rotatable bonds is 3. The molecule has 1 fully saturated rings.